The maximum absolute atomic E-state index is 12.0. The van der Waals surface area contributed by atoms with E-state index in [-0.39, 0.29) is 11.9 Å². The number of piperazine rings is 1. The van der Waals surface area contributed by atoms with Crippen LogP contribution >= 0.6 is 0 Å². The Bertz CT molecular complexity index is 499. The molecule has 0 aromatic heterocycles. The van der Waals surface area contributed by atoms with E-state index in [2.05, 4.69) is 41.1 Å². The second-order valence-corrected chi connectivity index (χ2v) is 6.22. The number of nitrogens with zero attached hydrogens (tertiary/aromatic N) is 2. The first-order valence-corrected chi connectivity index (χ1v) is 8.53. The fraction of sp³-hybridized carbons (Fsp3) is 0.611. The van der Waals surface area contributed by atoms with E-state index in [0.29, 0.717) is 6.54 Å². The van der Waals surface area contributed by atoms with Crippen molar-refractivity contribution in [1.82, 2.24) is 10.2 Å². The van der Waals surface area contributed by atoms with Crippen LogP contribution in [0.5, 0.6) is 5.75 Å². The van der Waals surface area contributed by atoms with Crippen LogP contribution in [0.3, 0.4) is 0 Å². The maximum atomic E-state index is 12.0. The average Bonchev–Trinajstić information content (AvgIpc) is 2.55. The molecule has 0 saturated carbocycles. The Hall–Kier alpha value is -1.75. The zero-order valence-electron chi connectivity index (χ0n) is 14.5. The van der Waals surface area contributed by atoms with Crippen molar-refractivity contribution in [3.63, 3.8) is 0 Å². The first-order chi connectivity index (χ1) is 11.1. The number of ether oxygens (including phenoxy) is 1. The monoisotopic (exact) mass is 319 g/mol. The Morgan fingerprint density at radius 3 is 2.70 bits per heavy atom. The lowest BCUT2D eigenvalue weighted by Gasteiger charge is -2.36. The summed E-state index contributed by atoms with van der Waals surface area (Å²) in [5.41, 5.74) is 1.19. The molecule has 23 heavy (non-hydrogen) atoms. The lowest BCUT2D eigenvalue weighted by atomic mass is 10.2. The predicted octanol–water partition coefficient (Wildman–Crippen LogP) is 2.12. The summed E-state index contributed by atoms with van der Waals surface area (Å²) >= 11 is 0. The molecule has 0 bridgehead atoms. The number of methoxy groups -OCH3 is 1. The third-order valence-electron chi connectivity index (χ3n) is 4.29. The number of nitrogens with one attached hydrogen (secondary N) is 1. The summed E-state index contributed by atoms with van der Waals surface area (Å²) in [4.78, 5) is 16.6. The second kappa shape index (κ2) is 8.77. The van der Waals surface area contributed by atoms with Crippen molar-refractivity contribution >= 4 is 11.6 Å². The van der Waals surface area contributed by atoms with E-state index in [1.165, 1.54) is 5.69 Å². The molecule has 128 valence electrons. The van der Waals surface area contributed by atoms with Crippen LogP contribution < -0.4 is 15.0 Å². The van der Waals surface area contributed by atoms with Crippen molar-refractivity contribution in [3.8, 4) is 5.75 Å². The zero-order valence-corrected chi connectivity index (χ0v) is 14.5. The topological polar surface area (TPSA) is 44.8 Å². The van der Waals surface area contributed by atoms with Crippen molar-refractivity contribution < 1.29 is 9.53 Å². The predicted molar refractivity (Wildman–Crippen MR) is 94.2 cm³/mol. The summed E-state index contributed by atoms with van der Waals surface area (Å²) in [5.74, 6) is 1.02. The van der Waals surface area contributed by atoms with Gasteiger partial charge in [0.15, 0.2) is 0 Å². The Kier molecular flexibility index (Phi) is 6.71. The molecule has 5 nitrogen and oxygen atoms in total. The number of benzene rings is 1. The van der Waals surface area contributed by atoms with Gasteiger partial charge in [-0.3, -0.25) is 9.69 Å². The van der Waals surface area contributed by atoms with Crippen LogP contribution in [0, 0.1) is 0 Å². The number of carbonyl (C=O) groups excluding carboxylic acids is 1. The molecule has 1 saturated heterocycles. The molecular weight excluding hydrogens is 290 g/mol. The summed E-state index contributed by atoms with van der Waals surface area (Å²) in [6, 6.07) is 8.42. The highest BCUT2D eigenvalue weighted by molar-refractivity contribution is 5.78. The Balaban J connectivity index is 1.78. The molecule has 0 radical (unpaired) electrons. The number of hydrogen-bond donors (Lipinski definition) is 1. The van der Waals surface area contributed by atoms with Gasteiger partial charge in [-0.25, -0.2) is 0 Å². The third kappa shape index (κ3) is 5.43. The van der Waals surface area contributed by atoms with Crippen LogP contribution in [0.4, 0.5) is 5.69 Å². The Morgan fingerprint density at radius 1 is 1.30 bits per heavy atom. The molecule has 0 aliphatic carbocycles. The van der Waals surface area contributed by atoms with Gasteiger partial charge in [-0.15, -0.1) is 0 Å². The third-order valence-corrected chi connectivity index (χ3v) is 4.29. The van der Waals surface area contributed by atoms with Crippen molar-refractivity contribution in [2.24, 2.45) is 0 Å². The molecule has 1 aromatic carbocycles. The Morgan fingerprint density at radius 2 is 2.04 bits per heavy atom. The highest BCUT2D eigenvalue weighted by Gasteiger charge is 2.20. The smallest absolute Gasteiger partial charge is 0.234 e. The van der Waals surface area contributed by atoms with E-state index in [1.54, 1.807) is 7.11 Å². The SMILES string of the molecule is CCC[C@@H](C)NC(=O)CN1CCN(c2cccc(OC)c2)CC1. The lowest BCUT2D eigenvalue weighted by molar-refractivity contribution is -0.122. The minimum absolute atomic E-state index is 0.140. The Labute approximate surface area is 139 Å². The van der Waals surface area contributed by atoms with E-state index < -0.39 is 0 Å². The van der Waals surface area contributed by atoms with Gasteiger partial charge >= 0.3 is 0 Å². The van der Waals surface area contributed by atoms with Crippen LogP contribution in [0.15, 0.2) is 24.3 Å². The van der Waals surface area contributed by atoms with Crippen molar-refractivity contribution in [2.45, 2.75) is 32.7 Å². The van der Waals surface area contributed by atoms with Gasteiger partial charge < -0.3 is 15.0 Å². The molecule has 1 aromatic rings. The van der Waals surface area contributed by atoms with E-state index in [4.69, 9.17) is 4.74 Å². The second-order valence-electron chi connectivity index (χ2n) is 6.22. The number of hydrogen-bond acceptors (Lipinski definition) is 4. The molecule has 1 aliphatic rings. The fourth-order valence-electron chi connectivity index (χ4n) is 3.00. The van der Waals surface area contributed by atoms with Gasteiger partial charge in [-0.2, -0.15) is 0 Å². The largest absolute Gasteiger partial charge is 0.497 e. The van der Waals surface area contributed by atoms with Crippen LogP contribution in [-0.2, 0) is 4.79 Å². The van der Waals surface area contributed by atoms with Crippen LogP contribution in [0.2, 0.25) is 0 Å². The van der Waals surface area contributed by atoms with Gasteiger partial charge in [0, 0.05) is 44.0 Å². The average molecular weight is 319 g/mol. The molecular formula is C18H29N3O2. The first-order valence-electron chi connectivity index (χ1n) is 8.53. The minimum Gasteiger partial charge on any atom is -0.497 e. The molecule has 1 heterocycles. The molecule has 5 heteroatoms. The van der Waals surface area contributed by atoms with E-state index in [0.717, 1.165) is 44.8 Å². The van der Waals surface area contributed by atoms with Gasteiger partial charge in [0.1, 0.15) is 5.75 Å². The van der Waals surface area contributed by atoms with Crippen LogP contribution in [-0.4, -0.2) is 56.7 Å². The van der Waals surface area contributed by atoms with Gasteiger partial charge in [0.05, 0.1) is 13.7 Å². The summed E-state index contributed by atoms with van der Waals surface area (Å²) in [6.07, 6.45) is 2.13. The van der Waals surface area contributed by atoms with Gasteiger partial charge in [-0.05, 0) is 25.5 Å². The summed E-state index contributed by atoms with van der Waals surface area (Å²) in [6.45, 7) is 8.40. The van der Waals surface area contributed by atoms with Gasteiger partial charge in [-0.1, -0.05) is 19.4 Å². The minimum atomic E-state index is 0.140. The molecule has 1 aliphatic heterocycles. The number of anilines is 1. The molecule has 1 atom stereocenters. The normalized spacial score (nSPS) is 16.9. The molecule has 1 fully saturated rings. The van der Waals surface area contributed by atoms with E-state index in [1.807, 2.05) is 12.1 Å². The van der Waals surface area contributed by atoms with Crippen LogP contribution in [0.1, 0.15) is 26.7 Å². The first kappa shape index (κ1) is 17.6. The van der Waals surface area contributed by atoms with Gasteiger partial charge in [0.2, 0.25) is 5.91 Å². The van der Waals surface area contributed by atoms with E-state index in [9.17, 15) is 4.79 Å². The van der Waals surface area contributed by atoms with Crippen molar-refractivity contribution in [2.75, 3.05) is 44.7 Å². The zero-order chi connectivity index (χ0) is 16.7. The number of amides is 1. The number of rotatable bonds is 7. The molecule has 1 amide bonds. The molecule has 2 rings (SSSR count). The summed E-state index contributed by atoms with van der Waals surface area (Å²) in [5, 5.41) is 3.08. The fourth-order valence-corrected chi connectivity index (χ4v) is 3.00. The molecule has 1 N–H and O–H groups in total. The standard InChI is InChI=1S/C18H29N3O2/c1-4-6-15(2)19-18(22)14-20-9-11-21(12-10-20)16-7-5-8-17(13-16)23-3/h5,7-8,13,15H,4,6,9-12,14H2,1-3H3,(H,19,22)/t15-/m1/s1. The molecule has 0 spiro atoms. The van der Waals surface area contributed by atoms with Crippen LogP contribution in [0.25, 0.3) is 0 Å². The molecule has 0 unspecified atom stereocenters. The summed E-state index contributed by atoms with van der Waals surface area (Å²) in [7, 11) is 1.69. The quantitative estimate of drug-likeness (QED) is 0.836. The summed E-state index contributed by atoms with van der Waals surface area (Å²) < 4.78 is 5.29. The van der Waals surface area contributed by atoms with E-state index >= 15 is 0 Å². The maximum Gasteiger partial charge on any atom is 0.234 e. The van der Waals surface area contributed by atoms with Crippen molar-refractivity contribution in [3.05, 3.63) is 24.3 Å². The highest BCUT2D eigenvalue weighted by Crippen LogP contribution is 2.21. The van der Waals surface area contributed by atoms with Crippen molar-refractivity contribution in [1.29, 1.82) is 0 Å². The van der Waals surface area contributed by atoms with Gasteiger partial charge in [0.25, 0.3) is 0 Å². The highest BCUT2D eigenvalue weighted by atomic mass is 16.5. The number of carbonyl (C=O) groups is 1. The lowest BCUT2D eigenvalue weighted by Crippen LogP contribution is -2.50.